The van der Waals surface area contributed by atoms with Crippen molar-refractivity contribution in [2.75, 3.05) is 11.9 Å². The van der Waals surface area contributed by atoms with Crippen LogP contribution in [-0.2, 0) is 14.2 Å². The first-order valence-electron chi connectivity index (χ1n) is 10.3. The van der Waals surface area contributed by atoms with Crippen molar-refractivity contribution < 1.29 is 19.3 Å². The van der Waals surface area contributed by atoms with Crippen LogP contribution in [0.25, 0.3) is 11.0 Å². The zero-order chi connectivity index (χ0) is 21.8. The van der Waals surface area contributed by atoms with Gasteiger partial charge < -0.3 is 29.2 Å². The van der Waals surface area contributed by atoms with E-state index in [-0.39, 0.29) is 30.1 Å². The molecule has 5 rings (SSSR count). The maximum Gasteiger partial charge on any atom is 0.226 e. The standard InChI is InChI=1S/C22H25ClN4O4/c1-12(13-7-5-4-6-8-13)24-18-14-9-10-27(19(14)26-21(23)25-18)20-17-16(15(11-28)29-20)30-22(2,3)31-17/h4-10,12,15-17,20,28H,11H2,1-3H3,(H,24,25,26)/t12-,15?,16-,17-,20-/m1/s1. The molecular formula is C22H25ClN4O4. The van der Waals surface area contributed by atoms with Gasteiger partial charge in [-0.1, -0.05) is 30.3 Å². The van der Waals surface area contributed by atoms with Gasteiger partial charge in [-0.2, -0.15) is 4.98 Å². The van der Waals surface area contributed by atoms with Crippen molar-refractivity contribution in [3.8, 4) is 0 Å². The number of aromatic nitrogens is 3. The molecule has 5 atom stereocenters. The van der Waals surface area contributed by atoms with Crippen LogP contribution < -0.4 is 5.32 Å². The van der Waals surface area contributed by atoms with E-state index >= 15 is 0 Å². The average Bonchev–Trinajstić information content (AvgIpc) is 3.39. The monoisotopic (exact) mass is 444 g/mol. The number of hydrogen-bond donors (Lipinski definition) is 2. The van der Waals surface area contributed by atoms with Crippen LogP contribution in [-0.4, -0.2) is 50.3 Å². The molecule has 0 bridgehead atoms. The number of halogens is 1. The molecule has 9 heteroatoms. The normalized spacial score (nSPS) is 28.0. The second-order valence-electron chi connectivity index (χ2n) is 8.39. The second-order valence-corrected chi connectivity index (χ2v) is 8.73. The van der Waals surface area contributed by atoms with Gasteiger partial charge in [-0.25, -0.2) is 4.98 Å². The van der Waals surface area contributed by atoms with Gasteiger partial charge in [0.2, 0.25) is 5.28 Å². The molecule has 0 saturated carbocycles. The van der Waals surface area contributed by atoms with E-state index in [1.54, 1.807) is 0 Å². The lowest BCUT2D eigenvalue weighted by molar-refractivity contribution is -0.199. The molecule has 2 fully saturated rings. The zero-order valence-electron chi connectivity index (χ0n) is 17.5. The Morgan fingerprint density at radius 2 is 1.90 bits per heavy atom. The minimum atomic E-state index is -0.752. The van der Waals surface area contributed by atoms with Gasteiger partial charge in [0, 0.05) is 12.2 Å². The number of hydrogen-bond acceptors (Lipinski definition) is 7. The summed E-state index contributed by atoms with van der Waals surface area (Å²) < 4.78 is 20.0. The van der Waals surface area contributed by atoms with E-state index in [1.807, 2.05) is 48.9 Å². The van der Waals surface area contributed by atoms with Crippen molar-refractivity contribution in [1.82, 2.24) is 14.5 Å². The number of anilines is 1. The highest BCUT2D eigenvalue weighted by Crippen LogP contribution is 2.44. The van der Waals surface area contributed by atoms with Crippen LogP contribution >= 0.6 is 11.6 Å². The topological polar surface area (TPSA) is 90.7 Å². The fourth-order valence-electron chi connectivity index (χ4n) is 4.38. The third kappa shape index (κ3) is 3.68. The van der Waals surface area contributed by atoms with Crippen molar-refractivity contribution in [1.29, 1.82) is 0 Å². The van der Waals surface area contributed by atoms with Crippen LogP contribution in [0.1, 0.15) is 38.6 Å². The Kier molecular flexibility index (Phi) is 5.15. The SMILES string of the molecule is C[C@@H](Nc1nc(Cl)nc2c1ccn2[C@@H]1OC(CO)[C@H]2OC(C)(C)O[C@H]21)c1ccccc1. The summed E-state index contributed by atoms with van der Waals surface area (Å²) in [5, 5.41) is 14.2. The molecule has 31 heavy (non-hydrogen) atoms. The highest BCUT2D eigenvalue weighted by Gasteiger charge is 2.55. The lowest BCUT2D eigenvalue weighted by atomic mass is 10.1. The highest BCUT2D eigenvalue weighted by atomic mass is 35.5. The van der Waals surface area contributed by atoms with Crippen molar-refractivity contribution in [3.63, 3.8) is 0 Å². The molecule has 1 aromatic carbocycles. The van der Waals surface area contributed by atoms with Crippen molar-refractivity contribution in [3.05, 3.63) is 53.4 Å². The number of fused-ring (bicyclic) bond motifs is 2. The largest absolute Gasteiger partial charge is 0.394 e. The summed E-state index contributed by atoms with van der Waals surface area (Å²) in [5.74, 6) is -0.111. The number of aliphatic hydroxyl groups is 1. The van der Waals surface area contributed by atoms with E-state index < -0.39 is 18.1 Å². The molecule has 0 aliphatic carbocycles. The number of rotatable bonds is 5. The first-order chi connectivity index (χ1) is 14.9. The minimum Gasteiger partial charge on any atom is -0.394 e. The van der Waals surface area contributed by atoms with Crippen molar-refractivity contribution in [2.24, 2.45) is 0 Å². The number of ether oxygens (including phenoxy) is 3. The van der Waals surface area contributed by atoms with E-state index in [2.05, 4.69) is 34.3 Å². The molecular weight excluding hydrogens is 420 g/mol. The lowest BCUT2D eigenvalue weighted by Gasteiger charge is -2.24. The second kappa shape index (κ2) is 7.72. The summed E-state index contributed by atoms with van der Waals surface area (Å²) in [7, 11) is 0. The molecule has 0 radical (unpaired) electrons. The molecule has 3 aromatic rings. The molecule has 8 nitrogen and oxygen atoms in total. The fraction of sp³-hybridized carbons (Fsp3) is 0.455. The molecule has 2 aliphatic rings. The summed E-state index contributed by atoms with van der Waals surface area (Å²) in [6.07, 6.45) is 0.144. The molecule has 2 aliphatic heterocycles. The minimum absolute atomic E-state index is 0.0250. The Labute approximate surface area is 185 Å². The Bertz CT molecular complexity index is 1090. The van der Waals surface area contributed by atoms with Gasteiger partial charge in [-0.15, -0.1) is 0 Å². The first-order valence-corrected chi connectivity index (χ1v) is 10.7. The highest BCUT2D eigenvalue weighted by molar-refractivity contribution is 6.28. The molecule has 0 spiro atoms. The molecule has 0 amide bonds. The third-order valence-electron chi connectivity index (χ3n) is 5.78. The van der Waals surface area contributed by atoms with Gasteiger partial charge >= 0.3 is 0 Å². The first kappa shape index (κ1) is 20.7. The molecule has 4 heterocycles. The third-order valence-corrected chi connectivity index (χ3v) is 5.95. The maximum absolute atomic E-state index is 9.78. The molecule has 2 aromatic heterocycles. The number of aliphatic hydroxyl groups excluding tert-OH is 1. The molecule has 2 saturated heterocycles. The van der Waals surface area contributed by atoms with Gasteiger partial charge in [0.15, 0.2) is 12.0 Å². The Hall–Kier alpha value is -2.23. The van der Waals surface area contributed by atoms with E-state index in [9.17, 15) is 5.11 Å². The summed E-state index contributed by atoms with van der Waals surface area (Å²) >= 11 is 6.29. The van der Waals surface area contributed by atoms with Gasteiger partial charge in [-0.05, 0) is 44.0 Å². The van der Waals surface area contributed by atoms with E-state index in [1.165, 1.54) is 0 Å². The fourth-order valence-corrected chi connectivity index (χ4v) is 4.55. The van der Waals surface area contributed by atoms with Crippen LogP contribution in [0.3, 0.4) is 0 Å². The van der Waals surface area contributed by atoms with Crippen LogP contribution in [0.5, 0.6) is 0 Å². The average molecular weight is 445 g/mol. The van der Waals surface area contributed by atoms with E-state index in [0.717, 1.165) is 10.9 Å². The number of nitrogens with one attached hydrogen (secondary N) is 1. The van der Waals surface area contributed by atoms with Gasteiger partial charge in [0.1, 0.15) is 29.8 Å². The van der Waals surface area contributed by atoms with Crippen LogP contribution in [0.2, 0.25) is 5.28 Å². The van der Waals surface area contributed by atoms with Gasteiger partial charge in [0.05, 0.1) is 12.0 Å². The summed E-state index contributed by atoms with van der Waals surface area (Å²) in [4.78, 5) is 8.88. The Balaban J connectivity index is 1.50. The van der Waals surface area contributed by atoms with E-state index in [0.29, 0.717) is 11.5 Å². The quantitative estimate of drug-likeness (QED) is 0.580. The summed E-state index contributed by atoms with van der Waals surface area (Å²) in [6.45, 7) is 5.62. The Morgan fingerprint density at radius 1 is 1.16 bits per heavy atom. The van der Waals surface area contributed by atoms with Crippen LogP contribution in [0.4, 0.5) is 5.82 Å². The Morgan fingerprint density at radius 3 is 2.65 bits per heavy atom. The van der Waals surface area contributed by atoms with Crippen molar-refractivity contribution >= 4 is 28.5 Å². The smallest absolute Gasteiger partial charge is 0.226 e. The van der Waals surface area contributed by atoms with E-state index in [4.69, 9.17) is 25.8 Å². The van der Waals surface area contributed by atoms with Crippen molar-refractivity contribution in [2.45, 2.75) is 57.1 Å². The molecule has 1 unspecified atom stereocenters. The number of nitrogens with zero attached hydrogens (tertiary/aromatic N) is 3. The van der Waals surface area contributed by atoms with Crippen LogP contribution in [0.15, 0.2) is 42.6 Å². The lowest BCUT2D eigenvalue weighted by Crippen LogP contribution is -2.31. The molecule has 164 valence electrons. The maximum atomic E-state index is 9.78. The number of benzene rings is 1. The molecule has 2 N–H and O–H groups in total. The van der Waals surface area contributed by atoms with Gasteiger partial charge in [0.25, 0.3) is 0 Å². The predicted octanol–water partition coefficient (Wildman–Crippen LogP) is 3.67. The van der Waals surface area contributed by atoms with Gasteiger partial charge in [-0.3, -0.25) is 0 Å². The zero-order valence-corrected chi connectivity index (χ0v) is 18.3. The summed E-state index contributed by atoms with van der Waals surface area (Å²) in [6, 6.07) is 12.1. The predicted molar refractivity (Wildman–Crippen MR) is 116 cm³/mol. The summed E-state index contributed by atoms with van der Waals surface area (Å²) in [5.41, 5.74) is 1.76. The van der Waals surface area contributed by atoms with Crippen LogP contribution in [0, 0.1) is 0 Å².